The lowest BCUT2D eigenvalue weighted by atomic mass is 10.1. The van der Waals surface area contributed by atoms with E-state index in [4.69, 9.17) is 19.5 Å². The monoisotopic (exact) mass is 421 g/mol. The lowest BCUT2D eigenvalue weighted by molar-refractivity contribution is 0.0339. The number of nitrogen functional groups attached to an aromatic ring is 1. The van der Waals surface area contributed by atoms with Crippen LogP contribution in [-0.4, -0.2) is 38.6 Å². The Morgan fingerprint density at radius 3 is 3.10 bits per heavy atom. The van der Waals surface area contributed by atoms with Crippen LogP contribution in [0.5, 0.6) is 0 Å². The summed E-state index contributed by atoms with van der Waals surface area (Å²) in [4.78, 5) is 12.3. The molecule has 3 heterocycles. The number of anilines is 1. The topological polar surface area (TPSA) is 114 Å². The third kappa shape index (κ3) is 4.45. The minimum absolute atomic E-state index is 0.205. The summed E-state index contributed by atoms with van der Waals surface area (Å²) in [5.74, 6) is -0.0616. The van der Waals surface area contributed by atoms with Crippen molar-refractivity contribution in [1.82, 2.24) is 19.5 Å². The van der Waals surface area contributed by atoms with Crippen LogP contribution >= 0.6 is 7.60 Å². The summed E-state index contributed by atoms with van der Waals surface area (Å²) in [7, 11) is -3.47. The molecule has 4 rings (SSSR count). The maximum absolute atomic E-state index is 13.5. The second-order valence-electron chi connectivity index (χ2n) is 6.82. The fourth-order valence-electron chi connectivity index (χ4n) is 3.16. The van der Waals surface area contributed by atoms with Crippen molar-refractivity contribution >= 4 is 24.6 Å². The smallest absolute Gasteiger partial charge is 0.356 e. The zero-order valence-electron chi connectivity index (χ0n) is 15.8. The van der Waals surface area contributed by atoms with Gasteiger partial charge in [-0.15, -0.1) is 0 Å². The molecule has 2 N–H and O–H groups in total. The van der Waals surface area contributed by atoms with Gasteiger partial charge in [-0.25, -0.2) is 19.3 Å². The summed E-state index contributed by atoms with van der Waals surface area (Å²) in [5.41, 5.74) is 7.53. The van der Waals surface area contributed by atoms with Crippen LogP contribution < -0.4 is 5.73 Å². The molecule has 154 valence electrons. The maximum atomic E-state index is 13.5. The van der Waals surface area contributed by atoms with Crippen molar-refractivity contribution in [3.63, 3.8) is 0 Å². The normalized spacial score (nSPS) is 23.3. The number of halogens is 1. The van der Waals surface area contributed by atoms with E-state index < -0.39 is 13.7 Å². The molecule has 3 atom stereocenters. The van der Waals surface area contributed by atoms with Crippen molar-refractivity contribution < 1.29 is 22.7 Å². The zero-order chi connectivity index (χ0) is 20.4. The van der Waals surface area contributed by atoms with Crippen LogP contribution in [0.3, 0.4) is 0 Å². The predicted octanol–water partition coefficient (Wildman–Crippen LogP) is 3.28. The second-order valence-corrected chi connectivity index (χ2v) is 8.77. The number of imidazole rings is 1. The number of hydrogen-bond acceptors (Lipinski definition) is 8. The molecule has 2 aromatic heterocycles. The average Bonchev–Trinajstić information content (AvgIpc) is 3.11. The Kier molecular flexibility index (Phi) is 5.60. The highest BCUT2D eigenvalue weighted by molar-refractivity contribution is 7.53. The summed E-state index contributed by atoms with van der Waals surface area (Å²) >= 11 is 0. The van der Waals surface area contributed by atoms with Gasteiger partial charge in [-0.1, -0.05) is 12.1 Å². The predicted molar refractivity (Wildman–Crippen MR) is 104 cm³/mol. The number of hydrogen-bond donors (Lipinski definition) is 1. The van der Waals surface area contributed by atoms with Crippen LogP contribution in [0.4, 0.5) is 10.2 Å². The summed E-state index contributed by atoms with van der Waals surface area (Å²) in [6, 6.07) is 6.07. The molecule has 1 aliphatic rings. The molecule has 1 saturated heterocycles. The van der Waals surface area contributed by atoms with Crippen molar-refractivity contribution in [3.05, 3.63) is 48.3 Å². The number of rotatable bonds is 6. The summed E-state index contributed by atoms with van der Waals surface area (Å²) in [5, 5.41) is 0. The molecule has 0 saturated carbocycles. The molecule has 1 aliphatic heterocycles. The van der Waals surface area contributed by atoms with E-state index in [0.29, 0.717) is 35.5 Å². The molecule has 29 heavy (non-hydrogen) atoms. The zero-order valence-corrected chi connectivity index (χ0v) is 16.7. The third-order valence-electron chi connectivity index (χ3n) is 4.58. The molecular formula is C18H21FN5O4P. The van der Waals surface area contributed by atoms with Gasteiger partial charge in [0.25, 0.3) is 0 Å². The van der Waals surface area contributed by atoms with E-state index in [0.717, 1.165) is 0 Å². The lowest BCUT2D eigenvalue weighted by Crippen LogP contribution is -2.21. The van der Waals surface area contributed by atoms with Gasteiger partial charge in [-0.2, -0.15) is 0 Å². The van der Waals surface area contributed by atoms with E-state index >= 15 is 0 Å². The van der Waals surface area contributed by atoms with E-state index in [9.17, 15) is 8.96 Å². The number of benzene rings is 1. The minimum atomic E-state index is -3.47. The van der Waals surface area contributed by atoms with Crippen LogP contribution in [0.2, 0.25) is 0 Å². The Labute approximate surface area is 166 Å². The largest absolute Gasteiger partial charge is 0.382 e. The van der Waals surface area contributed by atoms with Gasteiger partial charge in [0, 0.05) is 6.42 Å². The molecule has 0 spiro atoms. The number of nitrogens with two attached hydrogens (primary N) is 1. The Bertz CT molecular complexity index is 1060. The van der Waals surface area contributed by atoms with Gasteiger partial charge in [0.05, 0.1) is 31.7 Å². The fourth-order valence-corrected chi connectivity index (χ4v) is 4.79. The van der Waals surface area contributed by atoms with Crippen LogP contribution in [-0.2, 0) is 24.9 Å². The first-order chi connectivity index (χ1) is 13.9. The molecule has 3 aromatic rings. The Hall–Kier alpha value is -2.39. The molecule has 9 nitrogen and oxygen atoms in total. The van der Waals surface area contributed by atoms with E-state index in [1.54, 1.807) is 23.0 Å². The first kappa shape index (κ1) is 19.9. The van der Waals surface area contributed by atoms with E-state index in [-0.39, 0.29) is 24.9 Å². The van der Waals surface area contributed by atoms with Gasteiger partial charge in [0.1, 0.15) is 24.0 Å². The molecule has 1 fully saturated rings. The number of ether oxygens (including phenoxy) is 1. The van der Waals surface area contributed by atoms with Gasteiger partial charge in [0.2, 0.25) is 0 Å². The first-order valence-corrected chi connectivity index (χ1v) is 10.9. The summed E-state index contributed by atoms with van der Waals surface area (Å²) in [6.07, 6.45) is 2.44. The molecule has 1 aromatic carbocycles. The SMILES string of the molecule is C[C@H](Cn1cnc2c(N)ncnc21)OCP1(=O)OCCC(c2cccc(F)c2)O1. The summed E-state index contributed by atoms with van der Waals surface area (Å²) < 4.78 is 45.0. The van der Waals surface area contributed by atoms with Gasteiger partial charge in [-0.05, 0) is 24.6 Å². The van der Waals surface area contributed by atoms with Crippen molar-refractivity contribution in [3.8, 4) is 0 Å². The summed E-state index contributed by atoms with van der Waals surface area (Å²) in [6.45, 7) is 2.50. The highest BCUT2D eigenvalue weighted by Crippen LogP contribution is 2.56. The average molecular weight is 421 g/mol. The highest BCUT2D eigenvalue weighted by Gasteiger charge is 2.35. The minimum Gasteiger partial charge on any atom is -0.382 e. The number of nitrogens with zero attached hydrogens (tertiary/aromatic N) is 4. The van der Waals surface area contributed by atoms with Gasteiger partial charge in [0.15, 0.2) is 11.5 Å². The number of fused-ring (bicyclic) bond motifs is 1. The molecule has 2 unspecified atom stereocenters. The Morgan fingerprint density at radius 1 is 1.41 bits per heavy atom. The first-order valence-electron chi connectivity index (χ1n) is 9.14. The van der Waals surface area contributed by atoms with E-state index in [1.807, 2.05) is 6.92 Å². The number of aromatic nitrogens is 4. The van der Waals surface area contributed by atoms with Gasteiger partial charge in [-0.3, -0.25) is 9.09 Å². The fraction of sp³-hybridized carbons (Fsp3) is 0.389. The van der Waals surface area contributed by atoms with E-state index in [2.05, 4.69) is 15.0 Å². The molecule has 0 aliphatic carbocycles. The molecule has 0 bridgehead atoms. The quantitative estimate of drug-likeness (QED) is 0.603. The van der Waals surface area contributed by atoms with Crippen molar-refractivity contribution in [2.45, 2.75) is 32.1 Å². The van der Waals surface area contributed by atoms with Crippen molar-refractivity contribution in [2.24, 2.45) is 0 Å². The van der Waals surface area contributed by atoms with E-state index in [1.165, 1.54) is 18.5 Å². The van der Waals surface area contributed by atoms with Gasteiger partial charge < -0.3 is 19.6 Å². The lowest BCUT2D eigenvalue weighted by Gasteiger charge is -2.30. The standard InChI is InChI=1S/C18H21FN5O4P/c1-12(8-24-10-23-16-17(20)21-9-22-18(16)24)26-11-29(25)27-6-5-15(28-29)13-3-2-4-14(19)7-13/h2-4,7,9-10,12,15H,5-6,8,11H2,1H3,(H2,20,21,22)/t12-,15?,29?/m1/s1. The molecule has 0 amide bonds. The van der Waals surface area contributed by atoms with Crippen LogP contribution in [0, 0.1) is 5.82 Å². The van der Waals surface area contributed by atoms with Crippen molar-refractivity contribution in [1.29, 1.82) is 0 Å². The maximum Gasteiger partial charge on any atom is 0.356 e. The van der Waals surface area contributed by atoms with Gasteiger partial charge >= 0.3 is 7.60 Å². The Balaban J connectivity index is 1.38. The van der Waals surface area contributed by atoms with Crippen LogP contribution in [0.1, 0.15) is 25.0 Å². The second kappa shape index (κ2) is 8.16. The molecule has 0 radical (unpaired) electrons. The molecular weight excluding hydrogens is 400 g/mol. The third-order valence-corrected chi connectivity index (χ3v) is 6.19. The van der Waals surface area contributed by atoms with Crippen LogP contribution in [0.15, 0.2) is 36.9 Å². The van der Waals surface area contributed by atoms with Crippen LogP contribution in [0.25, 0.3) is 11.2 Å². The van der Waals surface area contributed by atoms with Crippen molar-refractivity contribution in [2.75, 3.05) is 18.7 Å². The highest BCUT2D eigenvalue weighted by atomic mass is 31.2. The Morgan fingerprint density at radius 2 is 2.28 bits per heavy atom. The molecule has 11 heteroatoms.